The lowest BCUT2D eigenvalue weighted by molar-refractivity contribution is 0.320. The first-order chi connectivity index (χ1) is 8.00. The summed E-state index contributed by atoms with van der Waals surface area (Å²) < 4.78 is 31.2. The normalized spacial score (nSPS) is 10.6. The molecule has 94 valence electrons. The first-order valence-electron chi connectivity index (χ1n) is 5.47. The van der Waals surface area contributed by atoms with Crippen molar-refractivity contribution in [2.75, 3.05) is 13.2 Å². The van der Waals surface area contributed by atoms with E-state index in [9.17, 15) is 8.78 Å². The standard InChI is InChI=1S/C13H17F2NO/c1-9(2)16-7-10(3)8-17-12-6-4-5-11(14)13(12)15/h4-6,9,16H,3,7-8H2,1-2H3. The maximum atomic E-state index is 13.2. The molecular formula is C13H17F2NO. The van der Waals surface area contributed by atoms with E-state index in [0.29, 0.717) is 12.6 Å². The van der Waals surface area contributed by atoms with Crippen LogP contribution >= 0.6 is 0 Å². The van der Waals surface area contributed by atoms with Crippen molar-refractivity contribution in [2.24, 2.45) is 0 Å². The zero-order chi connectivity index (χ0) is 12.8. The van der Waals surface area contributed by atoms with E-state index in [-0.39, 0.29) is 12.4 Å². The summed E-state index contributed by atoms with van der Waals surface area (Å²) in [4.78, 5) is 0. The predicted octanol–water partition coefficient (Wildman–Crippen LogP) is 2.90. The van der Waals surface area contributed by atoms with Crippen molar-refractivity contribution < 1.29 is 13.5 Å². The minimum Gasteiger partial charge on any atom is -0.486 e. The molecule has 0 aliphatic heterocycles. The van der Waals surface area contributed by atoms with E-state index in [4.69, 9.17) is 4.74 Å². The highest BCUT2D eigenvalue weighted by Gasteiger charge is 2.08. The van der Waals surface area contributed by atoms with Crippen LogP contribution in [0.5, 0.6) is 5.75 Å². The number of halogens is 2. The lowest BCUT2D eigenvalue weighted by Crippen LogP contribution is -2.26. The van der Waals surface area contributed by atoms with Gasteiger partial charge in [-0.1, -0.05) is 26.5 Å². The highest BCUT2D eigenvalue weighted by Crippen LogP contribution is 2.19. The second-order valence-electron chi connectivity index (χ2n) is 4.13. The highest BCUT2D eigenvalue weighted by molar-refractivity contribution is 5.25. The van der Waals surface area contributed by atoms with E-state index in [2.05, 4.69) is 11.9 Å². The number of ether oxygens (including phenoxy) is 1. The molecule has 0 saturated heterocycles. The van der Waals surface area contributed by atoms with Crippen LogP contribution in [0.1, 0.15) is 13.8 Å². The summed E-state index contributed by atoms with van der Waals surface area (Å²) in [6.07, 6.45) is 0. The summed E-state index contributed by atoms with van der Waals surface area (Å²) in [7, 11) is 0. The number of rotatable bonds is 6. The zero-order valence-electron chi connectivity index (χ0n) is 10.1. The van der Waals surface area contributed by atoms with Crippen LogP contribution in [0.4, 0.5) is 8.78 Å². The van der Waals surface area contributed by atoms with Crippen LogP contribution in [0, 0.1) is 11.6 Å². The number of hydrogen-bond donors (Lipinski definition) is 1. The van der Waals surface area contributed by atoms with Gasteiger partial charge in [-0.15, -0.1) is 0 Å². The molecule has 17 heavy (non-hydrogen) atoms. The van der Waals surface area contributed by atoms with Gasteiger partial charge in [0.1, 0.15) is 6.61 Å². The van der Waals surface area contributed by atoms with Gasteiger partial charge in [-0.3, -0.25) is 0 Å². The fourth-order valence-electron chi connectivity index (χ4n) is 1.17. The molecule has 4 heteroatoms. The minimum absolute atomic E-state index is 0.0873. The second kappa shape index (κ2) is 6.35. The van der Waals surface area contributed by atoms with Gasteiger partial charge in [0.05, 0.1) is 0 Å². The monoisotopic (exact) mass is 241 g/mol. The summed E-state index contributed by atoms with van der Waals surface area (Å²) in [5.74, 6) is -1.96. The molecule has 0 unspecified atom stereocenters. The first-order valence-corrected chi connectivity index (χ1v) is 5.47. The molecule has 0 aromatic heterocycles. The fourth-order valence-corrected chi connectivity index (χ4v) is 1.17. The van der Waals surface area contributed by atoms with Crippen molar-refractivity contribution in [1.29, 1.82) is 0 Å². The Morgan fingerprint density at radius 3 is 2.76 bits per heavy atom. The van der Waals surface area contributed by atoms with E-state index >= 15 is 0 Å². The quantitative estimate of drug-likeness (QED) is 0.773. The Morgan fingerprint density at radius 2 is 2.12 bits per heavy atom. The summed E-state index contributed by atoms with van der Waals surface area (Å²) in [6.45, 7) is 8.58. The Hall–Kier alpha value is -1.42. The van der Waals surface area contributed by atoms with Gasteiger partial charge >= 0.3 is 0 Å². The van der Waals surface area contributed by atoms with Crippen LogP contribution < -0.4 is 10.1 Å². The maximum Gasteiger partial charge on any atom is 0.200 e. The van der Waals surface area contributed by atoms with E-state index in [1.54, 1.807) is 0 Å². The molecule has 0 radical (unpaired) electrons. The second-order valence-corrected chi connectivity index (χ2v) is 4.13. The van der Waals surface area contributed by atoms with Crippen LogP contribution in [0.15, 0.2) is 30.4 Å². The maximum absolute atomic E-state index is 13.2. The van der Waals surface area contributed by atoms with Crippen LogP contribution in [0.25, 0.3) is 0 Å². The molecule has 0 amide bonds. The molecule has 0 atom stereocenters. The Balaban J connectivity index is 2.45. The van der Waals surface area contributed by atoms with Gasteiger partial charge in [0.2, 0.25) is 5.82 Å². The van der Waals surface area contributed by atoms with Crippen LogP contribution in [0.2, 0.25) is 0 Å². The summed E-state index contributed by atoms with van der Waals surface area (Å²) in [5, 5.41) is 3.16. The van der Waals surface area contributed by atoms with Crippen molar-refractivity contribution in [1.82, 2.24) is 5.32 Å². The SMILES string of the molecule is C=C(CNC(C)C)COc1cccc(F)c1F. The summed E-state index contributed by atoms with van der Waals surface area (Å²) >= 11 is 0. The van der Waals surface area contributed by atoms with Gasteiger partial charge < -0.3 is 10.1 Å². The molecule has 0 aliphatic carbocycles. The van der Waals surface area contributed by atoms with Crippen LogP contribution in [-0.4, -0.2) is 19.2 Å². The van der Waals surface area contributed by atoms with E-state index in [1.165, 1.54) is 12.1 Å². The molecule has 0 aliphatic rings. The molecule has 1 N–H and O–H groups in total. The van der Waals surface area contributed by atoms with E-state index in [1.807, 2.05) is 13.8 Å². The third-order valence-corrected chi connectivity index (χ3v) is 2.11. The third-order valence-electron chi connectivity index (χ3n) is 2.11. The lowest BCUT2D eigenvalue weighted by Gasteiger charge is -2.12. The Morgan fingerprint density at radius 1 is 1.41 bits per heavy atom. The van der Waals surface area contributed by atoms with Gasteiger partial charge in [0, 0.05) is 12.6 Å². The van der Waals surface area contributed by atoms with E-state index < -0.39 is 11.6 Å². The summed E-state index contributed by atoms with van der Waals surface area (Å²) in [6, 6.07) is 4.19. The van der Waals surface area contributed by atoms with Gasteiger partial charge in [-0.05, 0) is 17.7 Å². The molecule has 1 aromatic carbocycles. The average Bonchev–Trinajstić information content (AvgIpc) is 2.28. The number of nitrogens with one attached hydrogen (secondary N) is 1. The first kappa shape index (κ1) is 13.6. The van der Waals surface area contributed by atoms with Gasteiger partial charge in [-0.2, -0.15) is 4.39 Å². The highest BCUT2D eigenvalue weighted by atomic mass is 19.2. The smallest absolute Gasteiger partial charge is 0.200 e. The summed E-state index contributed by atoms with van der Waals surface area (Å²) in [5.41, 5.74) is 0.780. The molecule has 1 aromatic rings. The van der Waals surface area contributed by atoms with Gasteiger partial charge in [-0.25, -0.2) is 4.39 Å². The average molecular weight is 241 g/mol. The fraction of sp³-hybridized carbons (Fsp3) is 0.385. The van der Waals surface area contributed by atoms with Crippen molar-refractivity contribution in [3.63, 3.8) is 0 Å². The Labute approximate surface area is 100 Å². The Kier molecular flexibility index (Phi) is 5.10. The van der Waals surface area contributed by atoms with Gasteiger partial charge in [0.15, 0.2) is 11.6 Å². The number of hydrogen-bond acceptors (Lipinski definition) is 2. The largest absolute Gasteiger partial charge is 0.486 e. The molecule has 1 rings (SSSR count). The van der Waals surface area contributed by atoms with Crippen LogP contribution in [0.3, 0.4) is 0 Å². The van der Waals surface area contributed by atoms with Crippen molar-refractivity contribution in [3.05, 3.63) is 42.0 Å². The molecule has 0 fully saturated rings. The third kappa shape index (κ3) is 4.53. The van der Waals surface area contributed by atoms with Crippen LogP contribution in [-0.2, 0) is 0 Å². The lowest BCUT2D eigenvalue weighted by atomic mass is 10.3. The minimum atomic E-state index is -0.961. The predicted molar refractivity (Wildman–Crippen MR) is 64.1 cm³/mol. The van der Waals surface area contributed by atoms with Gasteiger partial charge in [0.25, 0.3) is 0 Å². The topological polar surface area (TPSA) is 21.3 Å². The van der Waals surface area contributed by atoms with E-state index in [0.717, 1.165) is 11.6 Å². The van der Waals surface area contributed by atoms with Crippen molar-refractivity contribution in [2.45, 2.75) is 19.9 Å². The molecule has 0 saturated carbocycles. The zero-order valence-corrected chi connectivity index (χ0v) is 10.1. The molecular weight excluding hydrogens is 224 g/mol. The molecule has 2 nitrogen and oxygen atoms in total. The number of benzene rings is 1. The Bertz CT molecular complexity index is 391. The molecule has 0 spiro atoms. The van der Waals surface area contributed by atoms with Crippen molar-refractivity contribution in [3.8, 4) is 5.75 Å². The molecule has 0 bridgehead atoms. The molecule has 0 heterocycles. The van der Waals surface area contributed by atoms with Crippen molar-refractivity contribution >= 4 is 0 Å².